The smallest absolute Gasteiger partial charge is 0.227 e. The van der Waals surface area contributed by atoms with E-state index in [9.17, 15) is 4.79 Å². The Balaban J connectivity index is 2.38. The Hall–Kier alpha value is -0.460. The van der Waals surface area contributed by atoms with Crippen LogP contribution in [-0.2, 0) is 4.79 Å². The van der Waals surface area contributed by atoms with Gasteiger partial charge in [-0.15, -0.1) is 23.2 Å². The number of carbonyl (C=O) groups excluding carboxylic acids is 1. The standard InChI is InChI=1S/C7H8Cl2N2O/c1-4(3-10)11-6(12)5-2-7(5,8)9/h4-5H,2H2,1H3,(H,11,12)/t4-,5?/m0/s1. The molecule has 1 unspecified atom stereocenters. The summed E-state index contributed by atoms with van der Waals surface area (Å²) in [6, 6.07) is 1.40. The summed E-state index contributed by atoms with van der Waals surface area (Å²) in [5, 5.41) is 10.9. The Morgan fingerprint density at radius 3 is 2.67 bits per heavy atom. The molecule has 66 valence electrons. The van der Waals surface area contributed by atoms with Gasteiger partial charge in [-0.1, -0.05) is 0 Å². The number of nitriles is 1. The van der Waals surface area contributed by atoms with Gasteiger partial charge in [0.25, 0.3) is 0 Å². The van der Waals surface area contributed by atoms with Crippen LogP contribution >= 0.6 is 23.2 Å². The fourth-order valence-electron chi connectivity index (χ4n) is 0.844. The molecule has 0 radical (unpaired) electrons. The highest BCUT2D eigenvalue weighted by atomic mass is 35.5. The van der Waals surface area contributed by atoms with Crippen molar-refractivity contribution in [2.45, 2.75) is 23.7 Å². The second-order valence-electron chi connectivity index (χ2n) is 2.88. The first-order chi connectivity index (χ1) is 5.47. The van der Waals surface area contributed by atoms with E-state index in [0.717, 1.165) is 0 Å². The van der Waals surface area contributed by atoms with Gasteiger partial charge in [-0.2, -0.15) is 5.26 Å². The fourth-order valence-corrected chi connectivity index (χ4v) is 1.35. The molecule has 0 aromatic rings. The molecule has 3 nitrogen and oxygen atoms in total. The molecule has 1 aliphatic carbocycles. The van der Waals surface area contributed by atoms with Crippen LogP contribution < -0.4 is 5.32 Å². The molecule has 0 spiro atoms. The number of amides is 1. The highest BCUT2D eigenvalue weighted by molar-refractivity contribution is 6.52. The molecule has 0 aromatic carbocycles. The van der Waals surface area contributed by atoms with Crippen LogP contribution in [0.4, 0.5) is 0 Å². The summed E-state index contributed by atoms with van der Waals surface area (Å²) < 4.78 is -0.904. The number of alkyl halides is 2. The Morgan fingerprint density at radius 2 is 2.33 bits per heavy atom. The zero-order valence-corrected chi connectivity index (χ0v) is 7.99. The van der Waals surface area contributed by atoms with Gasteiger partial charge in [0.15, 0.2) is 0 Å². The average Bonchev–Trinajstić information content (AvgIpc) is 2.59. The van der Waals surface area contributed by atoms with Crippen molar-refractivity contribution in [3.63, 3.8) is 0 Å². The minimum absolute atomic E-state index is 0.242. The van der Waals surface area contributed by atoms with Gasteiger partial charge in [-0.05, 0) is 13.3 Å². The van der Waals surface area contributed by atoms with E-state index in [1.54, 1.807) is 6.92 Å². The van der Waals surface area contributed by atoms with Gasteiger partial charge in [0.05, 0.1) is 12.0 Å². The lowest BCUT2D eigenvalue weighted by atomic mass is 10.3. The third-order valence-electron chi connectivity index (χ3n) is 1.69. The molecule has 1 N–H and O–H groups in total. The van der Waals surface area contributed by atoms with Crippen LogP contribution in [0.3, 0.4) is 0 Å². The van der Waals surface area contributed by atoms with Gasteiger partial charge in [-0.3, -0.25) is 4.79 Å². The van der Waals surface area contributed by atoms with Crippen LogP contribution in [0.1, 0.15) is 13.3 Å². The van der Waals surface area contributed by atoms with Crippen molar-refractivity contribution >= 4 is 29.1 Å². The monoisotopic (exact) mass is 206 g/mol. The first kappa shape index (κ1) is 9.63. The van der Waals surface area contributed by atoms with Crippen LogP contribution in [-0.4, -0.2) is 16.3 Å². The maximum absolute atomic E-state index is 11.2. The molecule has 1 rings (SSSR count). The van der Waals surface area contributed by atoms with Crippen molar-refractivity contribution in [2.75, 3.05) is 0 Å². The molecule has 2 atom stereocenters. The molecule has 0 heterocycles. The summed E-state index contributed by atoms with van der Waals surface area (Å²) in [4.78, 5) is 11.2. The fraction of sp³-hybridized carbons (Fsp3) is 0.714. The number of nitrogens with one attached hydrogen (secondary N) is 1. The normalized spacial score (nSPS) is 27.0. The number of halogens is 2. The maximum Gasteiger partial charge on any atom is 0.227 e. The van der Waals surface area contributed by atoms with E-state index in [-0.39, 0.29) is 11.8 Å². The molecular weight excluding hydrogens is 199 g/mol. The topological polar surface area (TPSA) is 52.9 Å². The van der Waals surface area contributed by atoms with E-state index in [1.165, 1.54) is 0 Å². The second kappa shape index (κ2) is 3.12. The SMILES string of the molecule is C[C@@H](C#N)NC(=O)C1CC1(Cl)Cl. The minimum Gasteiger partial charge on any atom is -0.340 e. The zero-order valence-electron chi connectivity index (χ0n) is 6.47. The van der Waals surface area contributed by atoms with Crippen molar-refractivity contribution in [1.29, 1.82) is 5.26 Å². The Labute approximate surface area is 80.6 Å². The summed E-state index contributed by atoms with van der Waals surface area (Å²) >= 11 is 11.3. The average molecular weight is 207 g/mol. The van der Waals surface area contributed by atoms with Crippen LogP contribution in [0.15, 0.2) is 0 Å². The number of nitrogens with zero attached hydrogens (tertiary/aromatic N) is 1. The van der Waals surface area contributed by atoms with Gasteiger partial charge in [0.2, 0.25) is 5.91 Å². The molecular formula is C7H8Cl2N2O. The molecule has 0 bridgehead atoms. The molecule has 1 aliphatic rings. The van der Waals surface area contributed by atoms with Crippen molar-refractivity contribution in [3.8, 4) is 6.07 Å². The third-order valence-corrected chi connectivity index (χ3v) is 2.53. The zero-order chi connectivity index (χ0) is 9.35. The molecule has 1 fully saturated rings. The number of rotatable bonds is 2. The van der Waals surface area contributed by atoms with E-state index in [4.69, 9.17) is 28.5 Å². The second-order valence-corrected chi connectivity index (χ2v) is 4.42. The number of carbonyl (C=O) groups is 1. The lowest BCUT2D eigenvalue weighted by Gasteiger charge is -2.05. The lowest BCUT2D eigenvalue weighted by Crippen LogP contribution is -2.33. The van der Waals surface area contributed by atoms with Gasteiger partial charge in [0.1, 0.15) is 10.4 Å². The summed E-state index contributed by atoms with van der Waals surface area (Å²) in [7, 11) is 0. The largest absolute Gasteiger partial charge is 0.340 e. The molecule has 12 heavy (non-hydrogen) atoms. The first-order valence-corrected chi connectivity index (χ1v) is 4.31. The van der Waals surface area contributed by atoms with E-state index in [1.807, 2.05) is 6.07 Å². The van der Waals surface area contributed by atoms with Gasteiger partial charge >= 0.3 is 0 Å². The van der Waals surface area contributed by atoms with Crippen LogP contribution in [0, 0.1) is 17.2 Å². The Bertz CT molecular complexity index is 246. The summed E-state index contributed by atoms with van der Waals surface area (Å²) in [5.41, 5.74) is 0. The van der Waals surface area contributed by atoms with Crippen LogP contribution in [0.25, 0.3) is 0 Å². The van der Waals surface area contributed by atoms with Crippen LogP contribution in [0.2, 0.25) is 0 Å². The number of hydrogen-bond donors (Lipinski definition) is 1. The summed E-state index contributed by atoms with van der Waals surface area (Å²) in [6.07, 6.45) is 0.472. The first-order valence-electron chi connectivity index (χ1n) is 3.55. The number of hydrogen-bond acceptors (Lipinski definition) is 2. The molecule has 0 aliphatic heterocycles. The van der Waals surface area contributed by atoms with Crippen molar-refractivity contribution < 1.29 is 4.79 Å². The maximum atomic E-state index is 11.2. The highest BCUT2D eigenvalue weighted by Gasteiger charge is 2.56. The third kappa shape index (κ3) is 2.02. The lowest BCUT2D eigenvalue weighted by molar-refractivity contribution is -0.122. The van der Waals surface area contributed by atoms with Gasteiger partial charge in [-0.25, -0.2) is 0 Å². The molecule has 1 saturated carbocycles. The predicted octanol–water partition coefficient (Wildman–Crippen LogP) is 1.21. The molecule has 1 amide bonds. The summed E-state index contributed by atoms with van der Waals surface area (Å²) in [5.74, 6) is -0.592. The highest BCUT2D eigenvalue weighted by Crippen LogP contribution is 2.53. The van der Waals surface area contributed by atoms with Crippen LogP contribution in [0.5, 0.6) is 0 Å². The van der Waals surface area contributed by atoms with Crippen molar-refractivity contribution in [3.05, 3.63) is 0 Å². The van der Waals surface area contributed by atoms with E-state index in [2.05, 4.69) is 5.32 Å². The predicted molar refractivity (Wildman–Crippen MR) is 45.8 cm³/mol. The van der Waals surface area contributed by atoms with E-state index < -0.39 is 10.4 Å². The molecule has 5 heteroatoms. The van der Waals surface area contributed by atoms with E-state index in [0.29, 0.717) is 6.42 Å². The Morgan fingerprint density at radius 1 is 1.83 bits per heavy atom. The van der Waals surface area contributed by atoms with E-state index >= 15 is 0 Å². The van der Waals surface area contributed by atoms with Gasteiger partial charge in [0, 0.05) is 0 Å². The summed E-state index contributed by atoms with van der Waals surface area (Å²) in [6.45, 7) is 1.60. The van der Waals surface area contributed by atoms with Gasteiger partial charge < -0.3 is 5.32 Å². The molecule has 0 aromatic heterocycles. The molecule has 0 saturated heterocycles. The minimum atomic E-state index is -0.904. The Kier molecular flexibility index (Phi) is 2.50. The van der Waals surface area contributed by atoms with Crippen molar-refractivity contribution in [1.82, 2.24) is 5.32 Å². The quantitative estimate of drug-likeness (QED) is 0.692. The van der Waals surface area contributed by atoms with Crippen molar-refractivity contribution in [2.24, 2.45) is 5.92 Å².